The number of pyridine rings is 1. The van der Waals surface area contributed by atoms with Crippen LogP contribution in [0.2, 0.25) is 0 Å². The summed E-state index contributed by atoms with van der Waals surface area (Å²) in [5, 5.41) is 4.30. The topological polar surface area (TPSA) is 35.1 Å². The molecule has 0 amide bonds. The molecule has 0 fully saturated rings. The summed E-state index contributed by atoms with van der Waals surface area (Å²) in [6, 6.07) is 5.69. The molecule has 0 unspecified atom stereocenters. The lowest BCUT2D eigenvalue weighted by atomic mass is 10.5. The Labute approximate surface area is 117 Å². The van der Waals surface area contributed by atoms with Gasteiger partial charge in [-0.2, -0.15) is 4.98 Å². The predicted molar refractivity (Wildman–Crippen MR) is 74.5 cm³/mol. The van der Waals surface area contributed by atoms with Crippen molar-refractivity contribution >= 4 is 28.2 Å². The van der Waals surface area contributed by atoms with Gasteiger partial charge >= 0.3 is 0 Å². The first-order chi connectivity index (χ1) is 8.56. The van der Waals surface area contributed by atoms with E-state index in [9.17, 15) is 4.39 Å². The molecule has 92 valence electrons. The van der Waals surface area contributed by atoms with Crippen molar-refractivity contribution in [2.75, 3.05) is 0 Å². The van der Waals surface area contributed by atoms with Crippen LogP contribution < -0.4 is 0 Å². The highest BCUT2D eigenvalue weighted by atomic mass is 127. The van der Waals surface area contributed by atoms with E-state index in [0.29, 0.717) is 15.2 Å². The summed E-state index contributed by atoms with van der Waals surface area (Å²) >= 11 is 1.95. The molecule has 0 aliphatic carbocycles. The van der Waals surface area contributed by atoms with Gasteiger partial charge < -0.3 is 0 Å². The molecular weight excluding hydrogens is 346 g/mol. The maximum Gasteiger partial charge on any atom is 0.254 e. The fraction of sp³-hybridized carbons (Fsp3) is 0.167. The lowest BCUT2D eigenvalue weighted by Crippen LogP contribution is -2.01. The molecule has 0 aliphatic rings. The second-order valence-corrected chi connectivity index (χ2v) is 5.30. The average molecular weight is 356 g/mol. The first-order valence-electron chi connectivity index (χ1n) is 5.43. The normalized spacial score (nSPS) is 11.3. The molecule has 18 heavy (non-hydrogen) atoms. The molecule has 3 aromatic rings. The molecule has 0 N–H and O–H groups in total. The van der Waals surface area contributed by atoms with Crippen molar-refractivity contribution in [1.29, 1.82) is 0 Å². The third kappa shape index (κ3) is 1.71. The number of rotatable bonds is 1. The van der Waals surface area contributed by atoms with E-state index < -0.39 is 0 Å². The van der Waals surface area contributed by atoms with E-state index in [0.717, 1.165) is 11.4 Å². The Morgan fingerprint density at radius 2 is 1.89 bits per heavy atom. The van der Waals surface area contributed by atoms with Crippen LogP contribution in [0, 0.1) is 23.2 Å². The van der Waals surface area contributed by atoms with Crippen LogP contribution in [0.25, 0.3) is 11.6 Å². The van der Waals surface area contributed by atoms with E-state index in [-0.39, 0.29) is 5.82 Å². The van der Waals surface area contributed by atoms with E-state index in [4.69, 9.17) is 0 Å². The van der Waals surface area contributed by atoms with Crippen molar-refractivity contribution < 1.29 is 4.39 Å². The van der Waals surface area contributed by atoms with Crippen LogP contribution >= 0.6 is 22.6 Å². The first kappa shape index (κ1) is 11.6. The third-order valence-electron chi connectivity index (χ3n) is 2.84. The first-order valence-corrected chi connectivity index (χ1v) is 6.51. The molecular formula is C12H10FIN4. The van der Waals surface area contributed by atoms with Crippen molar-refractivity contribution in [3.8, 4) is 5.95 Å². The van der Waals surface area contributed by atoms with Crippen molar-refractivity contribution in [1.82, 2.24) is 19.2 Å². The van der Waals surface area contributed by atoms with Crippen molar-refractivity contribution in [2.45, 2.75) is 13.8 Å². The zero-order valence-corrected chi connectivity index (χ0v) is 12.0. The van der Waals surface area contributed by atoms with Crippen LogP contribution in [0.15, 0.2) is 24.4 Å². The van der Waals surface area contributed by atoms with E-state index >= 15 is 0 Å². The van der Waals surface area contributed by atoms with Gasteiger partial charge in [-0.05, 0) is 54.6 Å². The Hall–Kier alpha value is -1.44. The fourth-order valence-corrected chi connectivity index (χ4v) is 2.36. The molecule has 3 rings (SSSR count). The number of halogens is 2. The molecule has 3 aromatic heterocycles. The quantitative estimate of drug-likeness (QED) is 0.629. The van der Waals surface area contributed by atoms with Gasteiger partial charge in [0.25, 0.3) is 5.95 Å². The summed E-state index contributed by atoms with van der Waals surface area (Å²) < 4.78 is 17.4. The Kier molecular flexibility index (Phi) is 2.61. The van der Waals surface area contributed by atoms with Crippen LogP contribution in [0.4, 0.5) is 4.39 Å². The van der Waals surface area contributed by atoms with Crippen molar-refractivity contribution in [2.24, 2.45) is 0 Å². The highest BCUT2D eigenvalue weighted by Gasteiger charge is 2.11. The van der Waals surface area contributed by atoms with Crippen LogP contribution in [0.5, 0.6) is 0 Å². The van der Waals surface area contributed by atoms with Gasteiger partial charge in [0.05, 0.1) is 9.77 Å². The van der Waals surface area contributed by atoms with Crippen LogP contribution in [0.1, 0.15) is 11.4 Å². The SMILES string of the molecule is Cc1ccc(C)n1-c1nc2cc(I)c(F)cn2n1. The average Bonchev–Trinajstić information content (AvgIpc) is 2.83. The standard InChI is InChI=1S/C12H10FIN4/c1-7-3-4-8(2)18(7)12-15-11-5-10(14)9(13)6-17(11)16-12/h3-6H,1-2H3. The van der Waals surface area contributed by atoms with Crippen LogP contribution in [0.3, 0.4) is 0 Å². The summed E-state index contributed by atoms with van der Waals surface area (Å²) in [4.78, 5) is 4.42. The Morgan fingerprint density at radius 1 is 1.22 bits per heavy atom. The number of aromatic nitrogens is 4. The molecule has 0 spiro atoms. The zero-order chi connectivity index (χ0) is 12.9. The Bertz CT molecular complexity index is 685. The van der Waals surface area contributed by atoms with E-state index in [2.05, 4.69) is 10.1 Å². The second-order valence-electron chi connectivity index (χ2n) is 4.14. The van der Waals surface area contributed by atoms with Crippen LogP contribution in [-0.2, 0) is 0 Å². The monoisotopic (exact) mass is 356 g/mol. The lowest BCUT2D eigenvalue weighted by Gasteiger charge is -2.01. The third-order valence-corrected chi connectivity index (χ3v) is 3.66. The molecule has 4 nitrogen and oxygen atoms in total. The highest BCUT2D eigenvalue weighted by Crippen LogP contribution is 2.16. The van der Waals surface area contributed by atoms with Crippen LogP contribution in [-0.4, -0.2) is 19.2 Å². The van der Waals surface area contributed by atoms with E-state index in [1.54, 1.807) is 6.07 Å². The minimum atomic E-state index is -0.291. The predicted octanol–water partition coefficient (Wildman–Crippen LogP) is 2.88. The molecule has 0 saturated heterocycles. The number of fused-ring (bicyclic) bond motifs is 1. The summed E-state index contributed by atoms with van der Waals surface area (Å²) in [5.41, 5.74) is 2.75. The number of nitrogens with zero attached hydrogens (tertiary/aromatic N) is 4. The zero-order valence-electron chi connectivity index (χ0n) is 9.85. The largest absolute Gasteiger partial charge is 0.286 e. The van der Waals surface area contributed by atoms with Gasteiger partial charge in [-0.15, -0.1) is 5.10 Å². The van der Waals surface area contributed by atoms with Gasteiger partial charge in [-0.25, -0.2) is 8.91 Å². The van der Waals surface area contributed by atoms with Crippen molar-refractivity contribution in [3.63, 3.8) is 0 Å². The Morgan fingerprint density at radius 3 is 2.56 bits per heavy atom. The van der Waals surface area contributed by atoms with Crippen molar-refractivity contribution in [3.05, 3.63) is 45.2 Å². The van der Waals surface area contributed by atoms with Gasteiger partial charge in [0, 0.05) is 11.4 Å². The molecule has 0 saturated carbocycles. The van der Waals surface area contributed by atoms with Gasteiger partial charge in [0.15, 0.2) is 11.5 Å². The minimum Gasteiger partial charge on any atom is -0.286 e. The van der Waals surface area contributed by atoms with Gasteiger partial charge in [-0.1, -0.05) is 0 Å². The van der Waals surface area contributed by atoms with Gasteiger partial charge in [-0.3, -0.25) is 4.57 Å². The Balaban J connectivity index is 2.26. The summed E-state index contributed by atoms with van der Waals surface area (Å²) in [7, 11) is 0. The van der Waals surface area contributed by atoms with Gasteiger partial charge in [0.1, 0.15) is 0 Å². The summed E-state index contributed by atoms with van der Waals surface area (Å²) in [6.45, 7) is 3.98. The molecule has 0 aromatic carbocycles. The number of hydrogen-bond acceptors (Lipinski definition) is 2. The molecule has 6 heteroatoms. The fourth-order valence-electron chi connectivity index (χ4n) is 1.95. The summed E-state index contributed by atoms with van der Waals surface area (Å²) in [6.07, 6.45) is 1.35. The molecule has 0 bridgehead atoms. The van der Waals surface area contributed by atoms with E-state index in [1.165, 1.54) is 10.7 Å². The molecule has 0 atom stereocenters. The smallest absolute Gasteiger partial charge is 0.254 e. The molecule has 3 heterocycles. The maximum absolute atomic E-state index is 13.5. The number of hydrogen-bond donors (Lipinski definition) is 0. The lowest BCUT2D eigenvalue weighted by molar-refractivity contribution is 0.607. The minimum absolute atomic E-state index is 0.291. The van der Waals surface area contributed by atoms with E-state index in [1.807, 2.05) is 53.1 Å². The van der Waals surface area contributed by atoms with Gasteiger partial charge in [0.2, 0.25) is 0 Å². The summed E-state index contributed by atoms with van der Waals surface area (Å²) in [5.74, 6) is 0.275. The molecule has 0 aliphatic heterocycles. The second kappa shape index (κ2) is 4.04. The molecule has 0 radical (unpaired) electrons. The number of aryl methyl sites for hydroxylation is 2. The highest BCUT2D eigenvalue weighted by molar-refractivity contribution is 14.1. The maximum atomic E-state index is 13.5.